The van der Waals surface area contributed by atoms with Gasteiger partial charge >= 0.3 is 0 Å². The molecule has 1 aromatic carbocycles. The average molecular weight is 284 g/mol. The zero-order valence-electron chi connectivity index (χ0n) is 11.3. The molecule has 0 amide bonds. The lowest BCUT2D eigenvalue weighted by Crippen LogP contribution is -2.35. The summed E-state index contributed by atoms with van der Waals surface area (Å²) in [5.41, 5.74) is 1.79. The molecule has 2 rings (SSSR count). The van der Waals surface area contributed by atoms with E-state index in [2.05, 4.69) is 4.90 Å². The summed E-state index contributed by atoms with van der Waals surface area (Å²) in [6.45, 7) is 2.47. The first kappa shape index (κ1) is 14.6. The summed E-state index contributed by atoms with van der Waals surface area (Å²) >= 11 is 6.35. The van der Waals surface area contributed by atoms with Crippen LogP contribution >= 0.6 is 11.6 Å². The Hall–Kier alpha value is -0.770. The van der Waals surface area contributed by atoms with E-state index < -0.39 is 6.10 Å². The number of aliphatic hydroxyl groups is 2. The number of rotatable bonds is 5. The molecule has 0 saturated heterocycles. The summed E-state index contributed by atoms with van der Waals surface area (Å²) < 4.78 is 0. The Morgan fingerprint density at radius 3 is 2.58 bits per heavy atom. The Balaban J connectivity index is 2.25. The highest BCUT2D eigenvalue weighted by molar-refractivity contribution is 6.33. The van der Waals surface area contributed by atoms with E-state index in [1.165, 1.54) is 12.8 Å². The molecule has 1 atom stereocenters. The Morgan fingerprint density at radius 1 is 1.37 bits per heavy atom. The number of benzene rings is 1. The van der Waals surface area contributed by atoms with Gasteiger partial charge < -0.3 is 15.1 Å². The van der Waals surface area contributed by atoms with Crippen molar-refractivity contribution in [3.63, 3.8) is 0 Å². The Labute approximate surface area is 119 Å². The lowest BCUT2D eigenvalue weighted by Gasteiger charge is -2.31. The van der Waals surface area contributed by atoms with Crippen LogP contribution in [0.5, 0.6) is 0 Å². The molecule has 19 heavy (non-hydrogen) atoms. The van der Waals surface area contributed by atoms with Gasteiger partial charge in [-0.25, -0.2) is 0 Å². The molecule has 0 spiro atoms. The number of hydrogen-bond acceptors (Lipinski definition) is 3. The maximum Gasteiger partial charge on any atom is 0.0762 e. The molecule has 1 fully saturated rings. The van der Waals surface area contributed by atoms with Crippen LogP contribution in [0.3, 0.4) is 0 Å². The molecule has 0 unspecified atom stereocenters. The van der Waals surface area contributed by atoms with Crippen molar-refractivity contribution in [3.05, 3.63) is 28.8 Å². The third-order valence-corrected chi connectivity index (χ3v) is 4.17. The molecule has 0 aromatic heterocycles. The molecule has 0 bridgehead atoms. The Kier molecular flexibility index (Phi) is 5.08. The predicted molar refractivity (Wildman–Crippen MR) is 78.8 cm³/mol. The quantitative estimate of drug-likeness (QED) is 0.872. The monoisotopic (exact) mass is 283 g/mol. The van der Waals surface area contributed by atoms with Gasteiger partial charge in [0.15, 0.2) is 0 Å². The minimum Gasteiger partial charge on any atom is -0.395 e. The van der Waals surface area contributed by atoms with Crippen molar-refractivity contribution in [1.29, 1.82) is 0 Å². The van der Waals surface area contributed by atoms with Gasteiger partial charge in [-0.3, -0.25) is 0 Å². The average Bonchev–Trinajstić information content (AvgIpc) is 2.90. The van der Waals surface area contributed by atoms with Gasteiger partial charge in [0.25, 0.3) is 0 Å². The van der Waals surface area contributed by atoms with Gasteiger partial charge in [-0.15, -0.1) is 0 Å². The molecular formula is C15H22ClNO2. The minimum absolute atomic E-state index is 0.130. The normalized spacial score (nSPS) is 17.7. The number of anilines is 1. The molecule has 1 aliphatic rings. The summed E-state index contributed by atoms with van der Waals surface area (Å²) in [4.78, 5) is 2.21. The zero-order chi connectivity index (χ0) is 13.8. The van der Waals surface area contributed by atoms with Crippen molar-refractivity contribution in [1.82, 2.24) is 0 Å². The molecule has 0 aliphatic heterocycles. The van der Waals surface area contributed by atoms with Crippen molar-refractivity contribution < 1.29 is 10.2 Å². The number of halogens is 1. The first-order valence-electron chi connectivity index (χ1n) is 6.98. The van der Waals surface area contributed by atoms with Crippen molar-refractivity contribution in [2.24, 2.45) is 0 Å². The third-order valence-electron chi connectivity index (χ3n) is 3.87. The summed E-state index contributed by atoms with van der Waals surface area (Å²) in [6.07, 6.45) is 4.30. The van der Waals surface area contributed by atoms with E-state index in [0.29, 0.717) is 17.6 Å². The van der Waals surface area contributed by atoms with E-state index in [1.807, 2.05) is 18.2 Å². The standard InChI is InChI=1S/C15H22ClNO2/c1-11(19)12-6-7-15(14(16)10-12)17(8-9-18)13-4-2-3-5-13/h6-7,10-11,13,18-19H,2-5,8-9H2,1H3/t11-/m1/s1. The number of hydrogen-bond donors (Lipinski definition) is 2. The lowest BCUT2D eigenvalue weighted by atomic mass is 10.1. The molecular weight excluding hydrogens is 262 g/mol. The van der Waals surface area contributed by atoms with Gasteiger partial charge in [-0.2, -0.15) is 0 Å². The van der Waals surface area contributed by atoms with E-state index in [4.69, 9.17) is 11.6 Å². The summed E-state index contributed by atoms with van der Waals surface area (Å²) in [5, 5.41) is 19.5. The Morgan fingerprint density at radius 2 is 2.05 bits per heavy atom. The van der Waals surface area contributed by atoms with Crippen molar-refractivity contribution in [2.45, 2.75) is 44.8 Å². The fourth-order valence-electron chi connectivity index (χ4n) is 2.84. The van der Waals surface area contributed by atoms with E-state index in [9.17, 15) is 10.2 Å². The van der Waals surface area contributed by atoms with Crippen molar-refractivity contribution in [2.75, 3.05) is 18.1 Å². The van der Waals surface area contributed by atoms with Crippen LogP contribution in [0.15, 0.2) is 18.2 Å². The first-order chi connectivity index (χ1) is 9.13. The highest BCUT2D eigenvalue weighted by Gasteiger charge is 2.24. The molecule has 1 aliphatic carbocycles. The smallest absolute Gasteiger partial charge is 0.0762 e. The van der Waals surface area contributed by atoms with Gasteiger partial charge in [0.05, 0.1) is 23.4 Å². The molecule has 4 heteroatoms. The second kappa shape index (κ2) is 6.60. The van der Waals surface area contributed by atoms with Crippen LogP contribution in [0.25, 0.3) is 0 Å². The fraction of sp³-hybridized carbons (Fsp3) is 0.600. The van der Waals surface area contributed by atoms with Gasteiger partial charge in [-0.1, -0.05) is 30.5 Å². The van der Waals surface area contributed by atoms with Gasteiger partial charge in [0.1, 0.15) is 0 Å². The van der Waals surface area contributed by atoms with Crippen LogP contribution in [0.2, 0.25) is 5.02 Å². The second-order valence-corrected chi connectivity index (χ2v) is 5.65. The molecule has 2 N–H and O–H groups in total. The molecule has 0 heterocycles. The summed E-state index contributed by atoms with van der Waals surface area (Å²) in [5.74, 6) is 0. The summed E-state index contributed by atoms with van der Waals surface area (Å²) in [6, 6.07) is 6.16. The van der Waals surface area contributed by atoms with Gasteiger partial charge in [-0.05, 0) is 37.5 Å². The Bertz CT molecular complexity index is 417. The SMILES string of the molecule is C[C@@H](O)c1ccc(N(CCO)C2CCCC2)c(Cl)c1. The number of nitrogens with zero attached hydrogens (tertiary/aromatic N) is 1. The lowest BCUT2D eigenvalue weighted by molar-refractivity contribution is 0.199. The van der Waals surface area contributed by atoms with Crippen LogP contribution in [0.4, 0.5) is 5.69 Å². The second-order valence-electron chi connectivity index (χ2n) is 5.24. The first-order valence-corrected chi connectivity index (χ1v) is 7.36. The van der Waals surface area contributed by atoms with Crippen molar-refractivity contribution in [3.8, 4) is 0 Å². The van der Waals surface area contributed by atoms with Crippen LogP contribution in [0.1, 0.15) is 44.3 Å². The maximum absolute atomic E-state index is 9.58. The van der Waals surface area contributed by atoms with Crippen LogP contribution in [-0.4, -0.2) is 29.4 Å². The topological polar surface area (TPSA) is 43.7 Å². The molecule has 1 aromatic rings. The summed E-state index contributed by atoms with van der Waals surface area (Å²) in [7, 11) is 0. The molecule has 0 radical (unpaired) electrons. The van der Waals surface area contributed by atoms with Crippen LogP contribution in [0, 0.1) is 0 Å². The fourth-order valence-corrected chi connectivity index (χ4v) is 3.14. The van der Waals surface area contributed by atoms with Gasteiger partial charge in [0.2, 0.25) is 0 Å². The molecule has 1 saturated carbocycles. The highest BCUT2D eigenvalue weighted by Crippen LogP contribution is 2.34. The van der Waals surface area contributed by atoms with E-state index in [0.717, 1.165) is 24.1 Å². The largest absolute Gasteiger partial charge is 0.395 e. The molecule has 3 nitrogen and oxygen atoms in total. The predicted octanol–water partition coefficient (Wildman–Crippen LogP) is 3.13. The highest BCUT2D eigenvalue weighted by atomic mass is 35.5. The van der Waals surface area contributed by atoms with Crippen LogP contribution in [-0.2, 0) is 0 Å². The van der Waals surface area contributed by atoms with Crippen LogP contribution < -0.4 is 4.90 Å². The third kappa shape index (κ3) is 3.41. The number of aliphatic hydroxyl groups excluding tert-OH is 2. The van der Waals surface area contributed by atoms with E-state index >= 15 is 0 Å². The van der Waals surface area contributed by atoms with Gasteiger partial charge in [0, 0.05) is 12.6 Å². The molecule has 106 valence electrons. The maximum atomic E-state index is 9.58. The zero-order valence-corrected chi connectivity index (χ0v) is 12.1. The minimum atomic E-state index is -0.510. The van der Waals surface area contributed by atoms with E-state index in [1.54, 1.807) is 6.92 Å². The van der Waals surface area contributed by atoms with E-state index in [-0.39, 0.29) is 6.61 Å². The van der Waals surface area contributed by atoms with Crippen molar-refractivity contribution >= 4 is 17.3 Å².